The van der Waals surface area contributed by atoms with E-state index in [4.69, 9.17) is 11.6 Å². The van der Waals surface area contributed by atoms with Gasteiger partial charge < -0.3 is 10.2 Å². The van der Waals surface area contributed by atoms with Crippen LogP contribution in [0.1, 0.15) is 5.69 Å². The molecule has 0 saturated carbocycles. The third-order valence-corrected chi connectivity index (χ3v) is 3.21. The Morgan fingerprint density at radius 1 is 1.50 bits per heavy atom. The van der Waals surface area contributed by atoms with Gasteiger partial charge in [-0.05, 0) is 25.4 Å². The molecule has 0 aromatic carbocycles. The van der Waals surface area contributed by atoms with Gasteiger partial charge in [-0.1, -0.05) is 11.6 Å². The molecule has 0 atom stereocenters. The van der Waals surface area contributed by atoms with Crippen LogP contribution in [0.15, 0.2) is 12.1 Å². The van der Waals surface area contributed by atoms with Gasteiger partial charge in [-0.15, -0.1) is 0 Å². The summed E-state index contributed by atoms with van der Waals surface area (Å²) in [5.74, 6) is 2.08. The van der Waals surface area contributed by atoms with Crippen LogP contribution >= 0.6 is 23.4 Å². The Hall–Kier alpha value is -0.450. The highest BCUT2D eigenvalue weighted by Gasteiger charge is 2.06. The van der Waals surface area contributed by atoms with Crippen LogP contribution in [0.3, 0.4) is 0 Å². The van der Waals surface area contributed by atoms with Crippen molar-refractivity contribution in [1.29, 1.82) is 0 Å². The Kier molecular flexibility index (Phi) is 5.95. The van der Waals surface area contributed by atoms with Gasteiger partial charge in [0, 0.05) is 25.9 Å². The first-order chi connectivity index (χ1) is 7.69. The van der Waals surface area contributed by atoms with E-state index in [0.717, 1.165) is 28.8 Å². The van der Waals surface area contributed by atoms with Gasteiger partial charge in [-0.25, -0.2) is 4.98 Å². The summed E-state index contributed by atoms with van der Waals surface area (Å²) in [4.78, 5) is 6.68. The fourth-order valence-corrected chi connectivity index (χ4v) is 1.95. The van der Waals surface area contributed by atoms with Crippen LogP contribution < -0.4 is 10.2 Å². The molecule has 1 rings (SSSR count). The summed E-state index contributed by atoms with van der Waals surface area (Å²) in [6.07, 6.45) is 2.11. The lowest BCUT2D eigenvalue weighted by molar-refractivity contribution is 0.786. The molecule has 0 aliphatic heterocycles. The molecule has 16 heavy (non-hydrogen) atoms. The molecule has 0 spiro atoms. The number of anilines is 1. The molecule has 1 N–H and O–H groups in total. The minimum atomic E-state index is 0.697. The van der Waals surface area contributed by atoms with Crippen molar-refractivity contribution in [3.05, 3.63) is 22.8 Å². The average molecular weight is 260 g/mol. The number of hydrogen-bond donors (Lipinski definition) is 1. The quantitative estimate of drug-likeness (QED) is 0.848. The Labute approximate surface area is 107 Å². The van der Waals surface area contributed by atoms with Crippen LogP contribution in [-0.2, 0) is 6.54 Å². The van der Waals surface area contributed by atoms with E-state index in [1.807, 2.05) is 30.9 Å². The van der Waals surface area contributed by atoms with E-state index in [1.165, 1.54) is 0 Å². The normalized spacial score (nSPS) is 10.5. The molecule has 1 aromatic rings. The minimum Gasteiger partial charge on any atom is -0.359 e. The van der Waals surface area contributed by atoms with Crippen molar-refractivity contribution in [3.63, 3.8) is 0 Å². The molecule has 0 amide bonds. The maximum atomic E-state index is 6.06. The first kappa shape index (κ1) is 13.6. The number of aromatic nitrogens is 1. The molecule has 0 saturated heterocycles. The van der Waals surface area contributed by atoms with E-state index in [2.05, 4.69) is 28.5 Å². The lowest BCUT2D eigenvalue weighted by Crippen LogP contribution is -2.22. The van der Waals surface area contributed by atoms with E-state index in [0.29, 0.717) is 6.54 Å². The largest absolute Gasteiger partial charge is 0.359 e. The Bertz CT molecular complexity index is 333. The molecule has 0 aliphatic rings. The van der Waals surface area contributed by atoms with Gasteiger partial charge in [0.05, 0.1) is 10.7 Å². The minimum absolute atomic E-state index is 0.697. The van der Waals surface area contributed by atoms with Crippen LogP contribution in [0.4, 0.5) is 5.82 Å². The summed E-state index contributed by atoms with van der Waals surface area (Å²) < 4.78 is 0. The molecule has 0 fully saturated rings. The Balaban J connectivity index is 2.76. The second kappa shape index (κ2) is 6.99. The van der Waals surface area contributed by atoms with Crippen molar-refractivity contribution in [2.45, 2.75) is 6.54 Å². The van der Waals surface area contributed by atoms with Crippen molar-refractivity contribution >= 4 is 29.2 Å². The van der Waals surface area contributed by atoms with Crippen molar-refractivity contribution in [1.82, 2.24) is 10.3 Å². The molecule has 3 nitrogen and oxygen atoms in total. The lowest BCUT2D eigenvalue weighted by atomic mass is 10.3. The third-order valence-electron chi connectivity index (χ3n) is 2.27. The second-order valence-corrected chi connectivity index (χ2v) is 4.94. The number of nitrogens with zero attached hydrogens (tertiary/aromatic N) is 2. The van der Waals surface area contributed by atoms with Gasteiger partial charge in [0.25, 0.3) is 0 Å². The third kappa shape index (κ3) is 3.85. The van der Waals surface area contributed by atoms with Gasteiger partial charge in [0.1, 0.15) is 5.82 Å². The van der Waals surface area contributed by atoms with Crippen molar-refractivity contribution < 1.29 is 0 Å². The smallest absolute Gasteiger partial charge is 0.128 e. The van der Waals surface area contributed by atoms with Gasteiger partial charge in [0.15, 0.2) is 0 Å². The molecule has 0 radical (unpaired) electrons. The monoisotopic (exact) mass is 259 g/mol. The summed E-state index contributed by atoms with van der Waals surface area (Å²) >= 11 is 7.89. The highest BCUT2D eigenvalue weighted by molar-refractivity contribution is 7.98. The zero-order valence-corrected chi connectivity index (χ0v) is 11.5. The molecule has 5 heteroatoms. The van der Waals surface area contributed by atoms with Gasteiger partial charge in [-0.2, -0.15) is 11.8 Å². The summed E-state index contributed by atoms with van der Waals surface area (Å²) in [6.45, 7) is 1.69. The van der Waals surface area contributed by atoms with E-state index in [1.54, 1.807) is 0 Å². The highest BCUT2D eigenvalue weighted by Crippen LogP contribution is 2.18. The highest BCUT2D eigenvalue weighted by atomic mass is 35.5. The van der Waals surface area contributed by atoms with Crippen LogP contribution in [0.25, 0.3) is 0 Å². The number of pyridine rings is 1. The first-order valence-electron chi connectivity index (χ1n) is 5.19. The van der Waals surface area contributed by atoms with Crippen molar-refractivity contribution in [2.24, 2.45) is 0 Å². The zero-order valence-electron chi connectivity index (χ0n) is 9.96. The molecule has 0 bridgehead atoms. The van der Waals surface area contributed by atoms with Crippen molar-refractivity contribution in [2.75, 3.05) is 37.5 Å². The second-order valence-electron chi connectivity index (χ2n) is 3.54. The van der Waals surface area contributed by atoms with Gasteiger partial charge in [0.2, 0.25) is 0 Å². The molecular weight excluding hydrogens is 242 g/mol. The zero-order chi connectivity index (χ0) is 12.0. The van der Waals surface area contributed by atoms with Crippen LogP contribution in [0, 0.1) is 0 Å². The fourth-order valence-electron chi connectivity index (χ4n) is 1.32. The number of nitrogens with one attached hydrogen (secondary N) is 1. The predicted molar refractivity (Wildman–Crippen MR) is 73.7 cm³/mol. The number of thioether (sulfide) groups is 1. The summed E-state index contributed by atoms with van der Waals surface area (Å²) in [5.41, 5.74) is 0.901. The Morgan fingerprint density at radius 3 is 2.88 bits per heavy atom. The van der Waals surface area contributed by atoms with Crippen molar-refractivity contribution in [3.8, 4) is 0 Å². The first-order valence-corrected chi connectivity index (χ1v) is 6.96. The fraction of sp³-hybridized carbons (Fsp3) is 0.545. The number of rotatable bonds is 6. The molecule has 90 valence electrons. The molecule has 1 aromatic heterocycles. The van der Waals surface area contributed by atoms with Gasteiger partial charge in [-0.3, -0.25) is 0 Å². The lowest BCUT2D eigenvalue weighted by Gasteiger charge is -2.18. The Morgan fingerprint density at radius 2 is 2.25 bits per heavy atom. The van der Waals surface area contributed by atoms with E-state index in [9.17, 15) is 0 Å². The van der Waals surface area contributed by atoms with E-state index < -0.39 is 0 Å². The molecule has 0 unspecified atom stereocenters. The topological polar surface area (TPSA) is 28.2 Å². The summed E-state index contributed by atoms with van der Waals surface area (Å²) in [6, 6.07) is 3.87. The van der Waals surface area contributed by atoms with E-state index >= 15 is 0 Å². The van der Waals surface area contributed by atoms with Gasteiger partial charge >= 0.3 is 0 Å². The summed E-state index contributed by atoms with van der Waals surface area (Å²) in [5, 5.41) is 3.78. The number of halogens is 1. The molecule has 1 heterocycles. The molecule has 0 aliphatic carbocycles. The summed E-state index contributed by atoms with van der Waals surface area (Å²) in [7, 11) is 3.94. The molecular formula is C11H18ClN3S. The average Bonchev–Trinajstić information content (AvgIpc) is 2.29. The van der Waals surface area contributed by atoms with E-state index in [-0.39, 0.29) is 0 Å². The maximum Gasteiger partial charge on any atom is 0.128 e. The van der Waals surface area contributed by atoms with Crippen LogP contribution in [-0.4, -0.2) is 37.6 Å². The number of hydrogen-bond acceptors (Lipinski definition) is 4. The predicted octanol–water partition coefficient (Wildman–Crippen LogP) is 2.25. The van der Waals surface area contributed by atoms with Crippen LogP contribution in [0.5, 0.6) is 0 Å². The SMILES string of the molecule is CNCc1nc(N(C)CCSC)ccc1Cl. The maximum absolute atomic E-state index is 6.06. The van der Waals surface area contributed by atoms with Crippen LogP contribution in [0.2, 0.25) is 5.02 Å². The standard InChI is InChI=1S/C11H18ClN3S/c1-13-8-10-9(12)4-5-11(14-10)15(2)6-7-16-3/h4-5,13H,6-8H2,1-3H3.